The molecule has 5 aromatic carbocycles. The molecule has 0 unspecified atom stereocenters. The molecule has 2 aliphatic heterocycles. The van der Waals surface area contributed by atoms with Gasteiger partial charge in [-0.1, -0.05) is 48.5 Å². The summed E-state index contributed by atoms with van der Waals surface area (Å²) in [5, 5.41) is 19.1. The van der Waals surface area contributed by atoms with Gasteiger partial charge in [-0.25, -0.2) is 24.9 Å². The molecule has 15 heterocycles. The first kappa shape index (κ1) is 86.1. The van der Waals surface area contributed by atoms with Crippen LogP contribution in [0.1, 0.15) is 55.9 Å². The Hall–Kier alpha value is -17.0. The van der Waals surface area contributed by atoms with E-state index in [0.717, 1.165) is 196 Å². The molecule has 30 nitrogen and oxygen atoms in total. The Bertz CT molecular complexity index is 7260. The maximum absolute atomic E-state index is 13.1. The topological polar surface area (TPSA) is 356 Å². The number of H-pyrrole nitrogens is 4. The van der Waals surface area contributed by atoms with Crippen molar-refractivity contribution in [3.05, 3.63) is 387 Å². The molecule has 0 saturated carbocycles. The summed E-state index contributed by atoms with van der Waals surface area (Å²) in [6.45, 7) is 6.25. The van der Waals surface area contributed by atoms with Crippen LogP contribution < -0.4 is 63.9 Å². The minimum Gasteiger partial charge on any atom is -0.378 e. The lowest BCUT2D eigenvalue weighted by Gasteiger charge is -2.32. The highest BCUT2D eigenvalue weighted by atomic mass is 16.5. The summed E-state index contributed by atoms with van der Waals surface area (Å²) in [7, 11) is 3.65. The van der Waals surface area contributed by atoms with Gasteiger partial charge < -0.3 is 71.3 Å². The highest BCUT2D eigenvalue weighted by Crippen LogP contribution is 2.34. The minimum atomic E-state index is -0.156. The van der Waals surface area contributed by atoms with Gasteiger partial charge in [0.1, 0.15) is 5.82 Å². The number of hydrogen-bond acceptors (Lipinski definition) is 19. The summed E-state index contributed by atoms with van der Waals surface area (Å²) < 4.78 is 13.2. The van der Waals surface area contributed by atoms with Crippen LogP contribution in [0.3, 0.4) is 0 Å². The van der Waals surface area contributed by atoms with Gasteiger partial charge >= 0.3 is 0 Å². The number of benzene rings is 5. The van der Waals surface area contributed by atoms with Crippen molar-refractivity contribution in [2.24, 2.45) is 5.92 Å². The molecule has 2 saturated heterocycles. The number of anilines is 10. The molecule has 3 amide bonds. The van der Waals surface area contributed by atoms with E-state index >= 15 is 0 Å². The van der Waals surface area contributed by atoms with Crippen molar-refractivity contribution in [1.29, 1.82) is 0 Å². The number of hydrogen-bond donors (Lipinski definition) is 10. The second kappa shape index (κ2) is 40.5. The maximum atomic E-state index is 13.1. The molecule has 0 radical (unpaired) electrons. The molecule has 20 rings (SSSR count). The monoisotopic (exact) mass is 1740 g/mol. The van der Waals surface area contributed by atoms with Crippen LogP contribution >= 0.6 is 0 Å². The third-order valence-electron chi connectivity index (χ3n) is 22.8. The summed E-state index contributed by atoms with van der Waals surface area (Å²) >= 11 is 0. The van der Waals surface area contributed by atoms with E-state index in [-0.39, 0.29) is 40.0 Å². The predicted octanol–water partition coefficient (Wildman–Crippen LogP) is 15.7. The van der Waals surface area contributed by atoms with Crippen LogP contribution in [-0.2, 0) is 11.2 Å². The molecule has 13 aromatic heterocycles. The van der Waals surface area contributed by atoms with Crippen molar-refractivity contribution < 1.29 is 19.1 Å². The number of piperidine rings is 1. The van der Waals surface area contributed by atoms with E-state index in [2.05, 4.69) is 136 Å². The van der Waals surface area contributed by atoms with Gasteiger partial charge in [0.05, 0.1) is 70.6 Å². The zero-order valence-electron chi connectivity index (χ0n) is 71.8. The lowest BCUT2D eigenvalue weighted by atomic mass is 9.90. The maximum Gasteiger partial charge on any atom is 0.253 e. The van der Waals surface area contributed by atoms with Crippen molar-refractivity contribution >= 4 is 97.3 Å². The number of morpholine rings is 1. The average Bonchev–Trinajstić information content (AvgIpc) is 1.71. The number of carbonyl (C=O) groups excluding carboxylic acids is 3. The number of rotatable bonds is 23. The molecule has 10 N–H and O–H groups in total. The first-order chi connectivity index (χ1) is 64.1. The van der Waals surface area contributed by atoms with Crippen molar-refractivity contribution in [2.45, 2.75) is 25.7 Å². The standard InChI is InChI=1S/C31H29N5O2.C29H28N6O2.C21H20N6O2.C20H17N5O2/c37-29-21-25(12-15-32-29)28-11-10-27(30-33-16-19-36(28)30)34-26-8-6-24(7-9-26)31(38)35-17-13-23(14-18-35)20-22-4-2-1-3-5-22;1-34(24-6-3-2-4-7-24)18-5-15-32-29(37)21-8-10-23(11-9-21)33-25-12-13-26(35-19-17-31-28(25)35)22-14-16-30-27(36)20-22;28-20-13-15(5-6-22-20)18-3-2-17(21-23-7-8-27(18)21)25-16-1-4-19(24-14-16)26-9-11-29-12-10-26;1-21-20(27)13-2-4-15(5-3-13)24-16-6-7-17(25-11-10-23-19(16)25)14-8-9-22-18(26)12-14/h1-12,15-16,19,21,23,34H,13-14,17-18,20H2,(H,32,37);2-4,6-14,16-17,19-20,33H,5,15,18H2,1H3,(H,30,36)(H,32,37);1-8,13-14,25H,9-12H2,(H,22,28);2-12,24H,1H3,(H,21,27)(H,22,26). The number of aromatic nitrogens is 13. The number of aromatic amines is 4. The van der Waals surface area contributed by atoms with Gasteiger partial charge in [-0.3, -0.25) is 51.2 Å². The number of amides is 3. The smallest absolute Gasteiger partial charge is 0.253 e. The first-order valence-electron chi connectivity index (χ1n) is 43.0. The summed E-state index contributed by atoms with van der Waals surface area (Å²) in [5.41, 5.74) is 20.4. The summed E-state index contributed by atoms with van der Waals surface area (Å²) in [4.78, 5) is 124. The Kier molecular flexibility index (Phi) is 26.6. The van der Waals surface area contributed by atoms with Gasteiger partial charge in [-0.05, 0) is 207 Å². The molecule has 0 bridgehead atoms. The zero-order chi connectivity index (χ0) is 89.9. The van der Waals surface area contributed by atoms with Crippen LogP contribution in [0, 0.1) is 5.92 Å². The highest BCUT2D eigenvalue weighted by Gasteiger charge is 2.25. The number of pyridine rings is 9. The SMILES string of the molecule is CN(CCCNC(=O)c1ccc(Nc2ccc(-c3cc[nH]c(=O)c3)n3ccnc23)cc1)c1ccccc1.CNC(=O)c1ccc(Nc2ccc(-c3cc[nH]c(=O)c3)n3ccnc23)cc1.O=C(c1ccc(Nc2ccc(-c3cc[nH]c(=O)c3)n3ccnc23)cc1)N1CCC(Cc2ccccc2)CC1.O=c1cc(-c2ccc(Nc3ccc(N4CCOCC4)nc3)c3nccn23)cc[nH]1. The van der Waals surface area contributed by atoms with Gasteiger partial charge in [-0.15, -0.1) is 0 Å². The van der Waals surface area contributed by atoms with Gasteiger partial charge in [0.2, 0.25) is 22.2 Å². The first-order valence-corrected chi connectivity index (χ1v) is 43.0. The van der Waals surface area contributed by atoms with E-state index in [1.807, 2.05) is 205 Å². The molecular weight excluding hydrogens is 1650 g/mol. The summed E-state index contributed by atoms with van der Waals surface area (Å²) in [5.74, 6) is 1.45. The van der Waals surface area contributed by atoms with Gasteiger partial charge in [-0.2, -0.15) is 0 Å². The third-order valence-corrected chi connectivity index (χ3v) is 22.8. The lowest BCUT2D eigenvalue weighted by molar-refractivity contribution is 0.0690. The fraction of sp³-hybridized carbons (Fsp3) is 0.149. The summed E-state index contributed by atoms with van der Waals surface area (Å²) in [6.07, 6.45) is 26.8. The Labute approximate surface area is 751 Å². The minimum absolute atomic E-state index is 0.0903. The number of likely N-dealkylation sites (tertiary alicyclic amines) is 1. The normalized spacial score (nSPS) is 12.5. The van der Waals surface area contributed by atoms with Crippen LogP contribution in [0.25, 0.3) is 67.6 Å². The molecule has 18 aromatic rings. The number of fused-ring (bicyclic) bond motifs is 4. The Morgan fingerprint density at radius 3 is 1.19 bits per heavy atom. The van der Waals surface area contributed by atoms with Crippen LogP contribution in [0.2, 0.25) is 0 Å². The van der Waals surface area contributed by atoms with Gasteiger partial charge in [0.15, 0.2) is 22.6 Å². The van der Waals surface area contributed by atoms with Gasteiger partial charge in [0, 0.05) is 214 Å². The van der Waals surface area contributed by atoms with Crippen molar-refractivity contribution in [1.82, 2.24) is 78.0 Å². The number of nitrogens with one attached hydrogen (secondary N) is 10. The molecule has 2 fully saturated rings. The average molecular weight is 1740 g/mol. The third kappa shape index (κ3) is 20.9. The fourth-order valence-electron chi connectivity index (χ4n) is 16.0. The van der Waals surface area contributed by atoms with E-state index in [0.29, 0.717) is 29.2 Å². The number of imidazole rings is 4. The van der Waals surface area contributed by atoms with Crippen LogP contribution in [0.15, 0.2) is 342 Å². The van der Waals surface area contributed by atoms with E-state index in [1.54, 1.807) is 105 Å². The fourth-order valence-corrected chi connectivity index (χ4v) is 16.0. The largest absolute Gasteiger partial charge is 0.378 e. The lowest BCUT2D eigenvalue weighted by Crippen LogP contribution is -2.38. The molecule has 0 spiro atoms. The number of para-hydroxylation sites is 1. The molecule has 0 atom stereocenters. The van der Waals surface area contributed by atoms with Crippen molar-refractivity contribution in [2.75, 3.05) is 97.6 Å². The molecule has 656 valence electrons. The number of carbonyl (C=O) groups is 3. The van der Waals surface area contributed by atoms with Crippen molar-refractivity contribution in [3.63, 3.8) is 0 Å². The molecule has 30 heteroatoms. The van der Waals surface area contributed by atoms with E-state index in [1.165, 1.54) is 5.56 Å². The number of ether oxygens (including phenoxy) is 1. The van der Waals surface area contributed by atoms with E-state index < -0.39 is 0 Å². The predicted molar refractivity (Wildman–Crippen MR) is 514 cm³/mol. The van der Waals surface area contributed by atoms with E-state index in [4.69, 9.17) is 4.74 Å². The zero-order valence-corrected chi connectivity index (χ0v) is 71.8. The van der Waals surface area contributed by atoms with Crippen molar-refractivity contribution in [3.8, 4) is 45.0 Å². The van der Waals surface area contributed by atoms with Gasteiger partial charge in [0.25, 0.3) is 17.7 Å². The molecule has 0 aliphatic carbocycles. The Morgan fingerprint density at radius 1 is 0.420 bits per heavy atom. The second-order valence-corrected chi connectivity index (χ2v) is 31.4. The number of nitrogens with zero attached hydrogens (tertiary/aromatic N) is 12. The molecule has 2 aliphatic rings. The van der Waals surface area contributed by atoms with Crippen LogP contribution in [0.5, 0.6) is 0 Å². The van der Waals surface area contributed by atoms with Crippen LogP contribution in [-0.4, -0.2) is 152 Å². The molecule has 131 heavy (non-hydrogen) atoms. The quantitative estimate of drug-likeness (QED) is 0.0266. The summed E-state index contributed by atoms with van der Waals surface area (Å²) in [6, 6.07) is 76.3. The Balaban J connectivity index is 0.000000123. The Morgan fingerprint density at radius 2 is 0.802 bits per heavy atom. The van der Waals surface area contributed by atoms with E-state index in [9.17, 15) is 33.6 Å². The van der Waals surface area contributed by atoms with Crippen LogP contribution in [0.4, 0.5) is 57.0 Å². The highest BCUT2D eigenvalue weighted by molar-refractivity contribution is 5.96. The second-order valence-electron chi connectivity index (χ2n) is 31.4. The molecular formula is C101H94N22O8.